The Morgan fingerprint density at radius 3 is 0.896 bits per heavy atom. The largest absolute Gasteiger partial charge is 0.310 e. The van der Waals surface area contributed by atoms with E-state index in [-0.39, 0.29) is 0 Å². The topological polar surface area (TPSA) is 11.4 Å². The summed E-state index contributed by atoms with van der Waals surface area (Å²) in [5.74, 6) is 0. The quantitative estimate of drug-likeness (QED) is 0.120. The monoisotopic (exact) mass is 981 g/mol. The number of fused-ring (bicyclic) bond motifs is 5. The van der Waals surface area contributed by atoms with E-state index in [2.05, 4.69) is 324 Å². The number of anilines is 6. The molecule has 0 aliphatic heterocycles. The number of rotatable bonds is 11. The summed E-state index contributed by atoms with van der Waals surface area (Å²) in [6.07, 6.45) is 0. The van der Waals surface area contributed by atoms with Crippen LogP contribution in [0.4, 0.5) is 34.1 Å². The van der Waals surface area contributed by atoms with Crippen molar-refractivity contribution in [3.63, 3.8) is 0 Å². The zero-order chi connectivity index (χ0) is 51.1. The van der Waals surface area contributed by atoms with Gasteiger partial charge in [-0.1, -0.05) is 212 Å². The molecule has 0 saturated heterocycles. The SMILES string of the molecule is c1ccc(-c2c3ccccc3c(-c3ccc(-n4c5ccc(-c6ccccc6N(c6ccccc6)c6ccccc6)cc5c5cc(-c6ccccc6N(c6ccccc6)c6ccccc6)ccc54)cc3)c3ccccc23)cc1. The van der Waals surface area contributed by atoms with Crippen molar-refractivity contribution in [2.75, 3.05) is 9.80 Å². The second-order valence-corrected chi connectivity index (χ2v) is 19.6. The molecule has 0 bridgehead atoms. The number of hydrogen-bond acceptors (Lipinski definition) is 2. The normalized spacial score (nSPS) is 11.4. The first-order chi connectivity index (χ1) is 38.2. The summed E-state index contributed by atoms with van der Waals surface area (Å²) >= 11 is 0. The number of para-hydroxylation sites is 6. The van der Waals surface area contributed by atoms with Gasteiger partial charge in [-0.3, -0.25) is 0 Å². The van der Waals surface area contributed by atoms with Crippen LogP contribution < -0.4 is 9.80 Å². The molecule has 13 aromatic carbocycles. The van der Waals surface area contributed by atoms with Gasteiger partial charge in [-0.2, -0.15) is 0 Å². The lowest BCUT2D eigenvalue weighted by Gasteiger charge is -2.28. The maximum absolute atomic E-state index is 2.45. The van der Waals surface area contributed by atoms with Gasteiger partial charge in [0.15, 0.2) is 0 Å². The third-order valence-corrected chi connectivity index (χ3v) is 15.1. The van der Waals surface area contributed by atoms with E-state index in [1.54, 1.807) is 0 Å². The number of aromatic nitrogens is 1. The van der Waals surface area contributed by atoms with Crippen molar-refractivity contribution in [3.8, 4) is 50.2 Å². The molecule has 0 atom stereocenters. The molecule has 0 spiro atoms. The van der Waals surface area contributed by atoms with E-state index >= 15 is 0 Å². The molecule has 0 N–H and O–H groups in total. The van der Waals surface area contributed by atoms with E-state index in [1.165, 1.54) is 54.6 Å². The highest BCUT2D eigenvalue weighted by atomic mass is 15.1. The highest BCUT2D eigenvalue weighted by Crippen LogP contribution is 2.47. The van der Waals surface area contributed by atoms with Crippen molar-refractivity contribution in [1.82, 2.24) is 4.57 Å². The van der Waals surface area contributed by atoms with Gasteiger partial charge in [0.2, 0.25) is 0 Å². The molecular weight excluding hydrogens is 931 g/mol. The Morgan fingerprint density at radius 2 is 0.519 bits per heavy atom. The van der Waals surface area contributed by atoms with Gasteiger partial charge in [-0.15, -0.1) is 0 Å². The molecule has 1 heterocycles. The predicted molar refractivity (Wildman–Crippen MR) is 327 cm³/mol. The number of benzene rings is 13. The Kier molecular flexibility index (Phi) is 11.5. The molecule has 1 aromatic heterocycles. The molecular formula is C74H51N3. The van der Waals surface area contributed by atoms with Crippen LogP contribution in [-0.2, 0) is 0 Å². The van der Waals surface area contributed by atoms with E-state index in [0.29, 0.717) is 0 Å². The van der Waals surface area contributed by atoms with E-state index in [4.69, 9.17) is 0 Å². The smallest absolute Gasteiger partial charge is 0.0541 e. The maximum atomic E-state index is 2.45. The van der Waals surface area contributed by atoms with Gasteiger partial charge in [0, 0.05) is 50.3 Å². The lowest BCUT2D eigenvalue weighted by molar-refractivity contribution is 1.18. The molecule has 0 unspecified atom stereocenters. The van der Waals surface area contributed by atoms with Gasteiger partial charge >= 0.3 is 0 Å². The fraction of sp³-hybridized carbons (Fsp3) is 0. The summed E-state index contributed by atoms with van der Waals surface area (Å²) in [5, 5.41) is 7.34. The first kappa shape index (κ1) is 45.4. The van der Waals surface area contributed by atoms with Gasteiger partial charge in [0.1, 0.15) is 0 Å². The lowest BCUT2D eigenvalue weighted by atomic mass is 9.86. The van der Waals surface area contributed by atoms with Crippen LogP contribution >= 0.6 is 0 Å². The molecule has 14 aromatic rings. The Bertz CT molecular complexity index is 4100. The summed E-state index contributed by atoms with van der Waals surface area (Å²) in [4.78, 5) is 4.73. The fourth-order valence-corrected chi connectivity index (χ4v) is 11.8. The first-order valence-electron chi connectivity index (χ1n) is 26.4. The molecule has 0 aliphatic carbocycles. The van der Waals surface area contributed by atoms with Crippen molar-refractivity contribution in [2.24, 2.45) is 0 Å². The molecule has 3 nitrogen and oxygen atoms in total. The van der Waals surface area contributed by atoms with Crippen molar-refractivity contribution in [3.05, 3.63) is 309 Å². The van der Waals surface area contributed by atoms with E-state index in [1.807, 2.05) is 0 Å². The molecule has 3 heteroatoms. The van der Waals surface area contributed by atoms with Crippen molar-refractivity contribution < 1.29 is 0 Å². The van der Waals surface area contributed by atoms with Crippen LogP contribution in [0.15, 0.2) is 309 Å². The summed E-state index contributed by atoms with van der Waals surface area (Å²) < 4.78 is 2.45. The average molecular weight is 982 g/mol. The minimum atomic E-state index is 1.10. The van der Waals surface area contributed by atoms with Crippen LogP contribution in [0.1, 0.15) is 0 Å². The molecule has 0 amide bonds. The number of nitrogens with zero attached hydrogens (tertiary/aromatic N) is 3. The highest BCUT2D eigenvalue weighted by Gasteiger charge is 2.23. The minimum absolute atomic E-state index is 1.10. The summed E-state index contributed by atoms with van der Waals surface area (Å²) in [5.41, 5.74) is 19.5. The zero-order valence-corrected chi connectivity index (χ0v) is 42.3. The molecule has 362 valence electrons. The van der Waals surface area contributed by atoms with Gasteiger partial charge in [0.25, 0.3) is 0 Å². The molecule has 0 aliphatic rings. The zero-order valence-electron chi connectivity index (χ0n) is 42.3. The van der Waals surface area contributed by atoms with Gasteiger partial charge in [0.05, 0.1) is 22.4 Å². The van der Waals surface area contributed by atoms with E-state index in [0.717, 1.165) is 73.1 Å². The summed E-state index contributed by atoms with van der Waals surface area (Å²) in [7, 11) is 0. The van der Waals surface area contributed by atoms with Crippen molar-refractivity contribution in [2.45, 2.75) is 0 Å². The predicted octanol–water partition coefficient (Wildman–Crippen LogP) is 20.7. The average Bonchev–Trinajstić information content (AvgIpc) is 3.95. The van der Waals surface area contributed by atoms with Gasteiger partial charge in [-0.25, -0.2) is 0 Å². The third kappa shape index (κ3) is 8.10. The summed E-state index contributed by atoms with van der Waals surface area (Å²) in [6, 6.07) is 112. The first-order valence-corrected chi connectivity index (χ1v) is 26.4. The lowest BCUT2D eigenvalue weighted by Crippen LogP contribution is -2.10. The van der Waals surface area contributed by atoms with Crippen LogP contribution in [0, 0.1) is 0 Å². The van der Waals surface area contributed by atoms with Gasteiger partial charge < -0.3 is 14.4 Å². The Balaban J connectivity index is 0.967. The van der Waals surface area contributed by atoms with Crippen LogP contribution in [0.2, 0.25) is 0 Å². The number of hydrogen-bond donors (Lipinski definition) is 0. The fourth-order valence-electron chi connectivity index (χ4n) is 11.8. The molecule has 0 radical (unpaired) electrons. The molecule has 0 saturated carbocycles. The van der Waals surface area contributed by atoms with E-state index in [9.17, 15) is 0 Å². The maximum Gasteiger partial charge on any atom is 0.0541 e. The Hall–Kier alpha value is -10.2. The second kappa shape index (κ2) is 19.6. The minimum Gasteiger partial charge on any atom is -0.310 e. The summed E-state index contributed by atoms with van der Waals surface area (Å²) in [6.45, 7) is 0. The molecule has 14 rings (SSSR count). The van der Waals surface area contributed by atoms with Crippen molar-refractivity contribution in [1.29, 1.82) is 0 Å². The molecule has 0 fully saturated rings. The highest BCUT2D eigenvalue weighted by molar-refractivity contribution is 6.21. The third-order valence-electron chi connectivity index (χ3n) is 15.1. The second-order valence-electron chi connectivity index (χ2n) is 19.6. The standard InChI is InChI=1S/C74H51N3/c1-6-24-52(25-7-1)73-63-36-16-18-38-65(63)74(66-39-19-17-37-64(66)73)53-42-46-60(47-43-53)77-71-48-44-54(61-34-20-22-40-69(61)75(56-26-8-2-9-27-56)57-28-10-3-11-29-57)50-67(71)68-51-55(45-49-72(68)77)62-35-21-23-41-70(62)76(58-30-12-4-13-31-58)59-32-14-5-15-33-59/h1-51H. The molecule has 77 heavy (non-hydrogen) atoms. The van der Waals surface area contributed by atoms with Crippen LogP contribution in [0.25, 0.3) is 93.5 Å². The van der Waals surface area contributed by atoms with Gasteiger partial charge in [-0.05, 0) is 152 Å². The Labute approximate surface area is 449 Å². The van der Waals surface area contributed by atoms with Crippen LogP contribution in [0.3, 0.4) is 0 Å². The Morgan fingerprint density at radius 1 is 0.221 bits per heavy atom. The van der Waals surface area contributed by atoms with Crippen LogP contribution in [-0.4, -0.2) is 4.57 Å². The van der Waals surface area contributed by atoms with Crippen molar-refractivity contribution >= 4 is 77.5 Å². The van der Waals surface area contributed by atoms with Crippen LogP contribution in [0.5, 0.6) is 0 Å². The van der Waals surface area contributed by atoms with E-state index < -0.39 is 0 Å².